The Balaban J connectivity index is 1.41. The Kier molecular flexibility index (Phi) is 7.86. The van der Waals surface area contributed by atoms with E-state index in [0.717, 1.165) is 34.6 Å². The second-order valence-corrected chi connectivity index (χ2v) is 6.85. The molecule has 0 spiro atoms. The molecule has 156 valence electrons. The summed E-state index contributed by atoms with van der Waals surface area (Å²) in [4.78, 5) is 11.0. The number of ether oxygens (including phenoxy) is 3. The fraction of sp³-hybridized carbons (Fsp3) is 0.240. The summed E-state index contributed by atoms with van der Waals surface area (Å²) in [7, 11) is 1.40. The Morgan fingerprint density at radius 3 is 2.17 bits per heavy atom. The van der Waals surface area contributed by atoms with Crippen LogP contribution in [0.25, 0.3) is 11.1 Å². The van der Waals surface area contributed by atoms with Crippen LogP contribution in [0.2, 0.25) is 0 Å². The van der Waals surface area contributed by atoms with Gasteiger partial charge in [0.2, 0.25) is 0 Å². The van der Waals surface area contributed by atoms with Gasteiger partial charge in [0.15, 0.2) is 6.10 Å². The van der Waals surface area contributed by atoms with Crippen LogP contribution in [-0.2, 0) is 16.0 Å². The molecule has 3 rings (SSSR count). The van der Waals surface area contributed by atoms with E-state index >= 15 is 0 Å². The van der Waals surface area contributed by atoms with E-state index in [2.05, 4.69) is 18.2 Å². The maximum atomic E-state index is 11.0. The van der Waals surface area contributed by atoms with E-state index in [0.29, 0.717) is 19.6 Å². The zero-order valence-electron chi connectivity index (χ0n) is 17.0. The molecule has 0 unspecified atom stereocenters. The van der Waals surface area contributed by atoms with Crippen LogP contribution in [-0.4, -0.2) is 37.5 Å². The highest BCUT2D eigenvalue weighted by Crippen LogP contribution is 2.23. The summed E-state index contributed by atoms with van der Waals surface area (Å²) in [6, 6.07) is 25.7. The highest BCUT2D eigenvalue weighted by Gasteiger charge is 2.16. The fourth-order valence-corrected chi connectivity index (χ4v) is 3.04. The average Bonchev–Trinajstić information content (AvgIpc) is 2.79. The first-order valence-corrected chi connectivity index (χ1v) is 9.91. The third kappa shape index (κ3) is 6.36. The lowest BCUT2D eigenvalue weighted by molar-refractivity contribution is -0.148. The molecule has 0 radical (unpaired) electrons. The van der Waals surface area contributed by atoms with Gasteiger partial charge in [0.1, 0.15) is 11.5 Å². The first-order chi connectivity index (χ1) is 14.7. The van der Waals surface area contributed by atoms with Crippen molar-refractivity contribution < 1.29 is 24.1 Å². The van der Waals surface area contributed by atoms with E-state index in [4.69, 9.17) is 19.3 Å². The largest absolute Gasteiger partial charge is 0.493 e. The molecular formula is C25H26O5. The maximum Gasteiger partial charge on any atom is 0.333 e. The van der Waals surface area contributed by atoms with Crippen molar-refractivity contribution in [2.45, 2.75) is 18.9 Å². The Bertz CT molecular complexity index is 922. The first-order valence-electron chi connectivity index (χ1n) is 9.91. The molecule has 1 N–H and O–H groups in total. The van der Waals surface area contributed by atoms with Gasteiger partial charge in [0, 0.05) is 20.0 Å². The minimum atomic E-state index is -0.966. The van der Waals surface area contributed by atoms with Gasteiger partial charge in [-0.3, -0.25) is 0 Å². The van der Waals surface area contributed by atoms with Gasteiger partial charge in [-0.2, -0.15) is 0 Å². The van der Waals surface area contributed by atoms with E-state index in [1.54, 1.807) is 0 Å². The van der Waals surface area contributed by atoms with Gasteiger partial charge in [-0.1, -0.05) is 54.6 Å². The number of carboxylic acids is 1. The second-order valence-electron chi connectivity index (χ2n) is 6.85. The van der Waals surface area contributed by atoms with Gasteiger partial charge in [-0.25, -0.2) is 4.79 Å². The normalized spacial score (nSPS) is 11.6. The predicted molar refractivity (Wildman–Crippen MR) is 116 cm³/mol. The Labute approximate surface area is 176 Å². The van der Waals surface area contributed by atoms with E-state index in [9.17, 15) is 4.79 Å². The average molecular weight is 406 g/mol. The van der Waals surface area contributed by atoms with Gasteiger partial charge < -0.3 is 19.3 Å². The lowest BCUT2D eigenvalue weighted by Crippen LogP contribution is -2.24. The van der Waals surface area contributed by atoms with Gasteiger partial charge in [-0.15, -0.1) is 0 Å². The number of methoxy groups -OCH3 is 1. The van der Waals surface area contributed by atoms with Crippen LogP contribution >= 0.6 is 0 Å². The summed E-state index contributed by atoms with van der Waals surface area (Å²) in [5, 5.41) is 9.05. The smallest absolute Gasteiger partial charge is 0.333 e. The molecular weight excluding hydrogens is 380 g/mol. The zero-order valence-corrected chi connectivity index (χ0v) is 17.0. The van der Waals surface area contributed by atoms with E-state index in [1.807, 2.05) is 60.7 Å². The molecule has 5 heteroatoms. The van der Waals surface area contributed by atoms with Crippen LogP contribution < -0.4 is 9.47 Å². The van der Waals surface area contributed by atoms with Crippen LogP contribution in [0.5, 0.6) is 11.5 Å². The van der Waals surface area contributed by atoms with Gasteiger partial charge >= 0.3 is 5.97 Å². The Morgan fingerprint density at radius 2 is 1.50 bits per heavy atom. The van der Waals surface area contributed by atoms with Gasteiger partial charge in [0.05, 0.1) is 13.2 Å². The highest BCUT2D eigenvalue weighted by atomic mass is 16.5. The summed E-state index contributed by atoms with van der Waals surface area (Å²) in [6.07, 6.45) is 0.235. The van der Waals surface area contributed by atoms with Crippen LogP contribution in [0.15, 0.2) is 78.9 Å². The number of benzene rings is 3. The summed E-state index contributed by atoms with van der Waals surface area (Å²) in [6.45, 7) is 1.10. The molecule has 0 amide bonds. The van der Waals surface area contributed by atoms with Gasteiger partial charge in [-0.05, 0) is 41.0 Å². The summed E-state index contributed by atoms with van der Waals surface area (Å²) in [5.41, 5.74) is 3.18. The van der Waals surface area contributed by atoms with Crippen molar-refractivity contribution in [1.82, 2.24) is 0 Å². The summed E-state index contributed by atoms with van der Waals surface area (Å²) < 4.78 is 16.6. The molecule has 5 nitrogen and oxygen atoms in total. The molecule has 0 aliphatic carbocycles. The van der Waals surface area contributed by atoms with Crippen LogP contribution in [0, 0.1) is 0 Å². The second kappa shape index (κ2) is 11.0. The van der Waals surface area contributed by atoms with Crippen molar-refractivity contribution >= 4 is 5.97 Å². The molecule has 30 heavy (non-hydrogen) atoms. The van der Waals surface area contributed by atoms with Crippen molar-refractivity contribution in [2.24, 2.45) is 0 Å². The molecule has 3 aromatic carbocycles. The van der Waals surface area contributed by atoms with Crippen molar-refractivity contribution in [3.63, 3.8) is 0 Å². The zero-order chi connectivity index (χ0) is 21.2. The summed E-state index contributed by atoms with van der Waals surface area (Å²) in [5.74, 6) is 0.619. The molecule has 0 aromatic heterocycles. The molecule has 0 aliphatic heterocycles. The molecule has 0 heterocycles. The SMILES string of the molecule is CO[C@@H](Cc1ccc(OCCCOc2cccc(-c3ccccc3)c2)cc1)C(=O)O. The Hall–Kier alpha value is -3.31. The molecule has 1 atom stereocenters. The number of hydrogen-bond donors (Lipinski definition) is 1. The standard InChI is InChI=1S/C25H26O5/c1-28-24(25(26)27)17-19-11-13-22(14-12-19)29-15-6-16-30-23-10-5-9-21(18-23)20-7-3-2-4-8-20/h2-5,7-14,18,24H,6,15-17H2,1H3,(H,26,27)/t24-/m0/s1. The molecule has 0 bridgehead atoms. The number of carboxylic acid groups (broad SMARTS) is 1. The fourth-order valence-electron chi connectivity index (χ4n) is 3.04. The summed E-state index contributed by atoms with van der Waals surface area (Å²) >= 11 is 0. The van der Waals surface area contributed by atoms with Crippen molar-refractivity contribution in [2.75, 3.05) is 20.3 Å². The topological polar surface area (TPSA) is 65.0 Å². The van der Waals surface area contributed by atoms with Crippen LogP contribution in [0.1, 0.15) is 12.0 Å². The lowest BCUT2D eigenvalue weighted by atomic mass is 10.1. The van der Waals surface area contributed by atoms with Crippen molar-refractivity contribution in [1.29, 1.82) is 0 Å². The van der Waals surface area contributed by atoms with Crippen molar-refractivity contribution in [3.05, 3.63) is 84.4 Å². The van der Waals surface area contributed by atoms with E-state index in [-0.39, 0.29) is 0 Å². The Morgan fingerprint density at radius 1 is 0.833 bits per heavy atom. The monoisotopic (exact) mass is 406 g/mol. The van der Waals surface area contributed by atoms with E-state index in [1.165, 1.54) is 7.11 Å². The van der Waals surface area contributed by atoms with E-state index < -0.39 is 12.1 Å². The minimum absolute atomic E-state index is 0.321. The molecule has 0 fully saturated rings. The molecule has 0 aliphatic rings. The van der Waals surface area contributed by atoms with Crippen LogP contribution in [0.4, 0.5) is 0 Å². The number of rotatable bonds is 11. The quantitative estimate of drug-likeness (QED) is 0.462. The van der Waals surface area contributed by atoms with Crippen molar-refractivity contribution in [3.8, 4) is 22.6 Å². The minimum Gasteiger partial charge on any atom is -0.493 e. The van der Waals surface area contributed by atoms with Gasteiger partial charge in [0.25, 0.3) is 0 Å². The number of carbonyl (C=O) groups is 1. The third-order valence-electron chi connectivity index (χ3n) is 4.67. The van der Waals surface area contributed by atoms with Crippen LogP contribution in [0.3, 0.4) is 0 Å². The number of hydrogen-bond acceptors (Lipinski definition) is 4. The predicted octanol–water partition coefficient (Wildman–Crippen LogP) is 4.84. The maximum absolute atomic E-state index is 11.0. The third-order valence-corrected chi connectivity index (χ3v) is 4.67. The number of aliphatic carboxylic acids is 1. The lowest BCUT2D eigenvalue weighted by Gasteiger charge is -2.11. The first kappa shape index (κ1) is 21.4. The molecule has 3 aromatic rings. The highest BCUT2D eigenvalue weighted by molar-refractivity contribution is 5.72. The molecule has 0 saturated carbocycles. The molecule has 0 saturated heterocycles.